The summed E-state index contributed by atoms with van der Waals surface area (Å²) in [5.41, 5.74) is 3.25. The van der Waals surface area contributed by atoms with Crippen LogP contribution in [0.1, 0.15) is 18.9 Å². The van der Waals surface area contributed by atoms with Gasteiger partial charge in [-0.15, -0.1) is 10.2 Å². The van der Waals surface area contributed by atoms with Gasteiger partial charge in [-0.3, -0.25) is 9.36 Å². The molecular weight excluding hydrogens is 318 g/mol. The molecule has 3 aromatic rings. The molecule has 122 valence electrons. The Bertz CT molecular complexity index is 826. The number of aryl methyl sites for hydroxylation is 1. The fourth-order valence-electron chi connectivity index (χ4n) is 2.35. The van der Waals surface area contributed by atoms with Crippen LogP contribution in [0.2, 0.25) is 0 Å². The van der Waals surface area contributed by atoms with Crippen LogP contribution >= 0.6 is 11.8 Å². The van der Waals surface area contributed by atoms with Gasteiger partial charge in [-0.1, -0.05) is 59.8 Å². The second kappa shape index (κ2) is 7.45. The van der Waals surface area contributed by atoms with Gasteiger partial charge in [-0.25, -0.2) is 0 Å². The Hall–Kier alpha value is -2.40. The van der Waals surface area contributed by atoms with Crippen molar-refractivity contribution in [3.63, 3.8) is 0 Å². The maximum absolute atomic E-state index is 11.2. The fraction of sp³-hybridized carbons (Fsp3) is 0.211. The first kappa shape index (κ1) is 16.5. The van der Waals surface area contributed by atoms with E-state index in [0.717, 1.165) is 22.2 Å². The molecule has 0 saturated carbocycles. The van der Waals surface area contributed by atoms with Crippen molar-refractivity contribution in [1.82, 2.24) is 14.8 Å². The van der Waals surface area contributed by atoms with Crippen molar-refractivity contribution in [2.75, 3.05) is 5.75 Å². The van der Waals surface area contributed by atoms with Crippen molar-refractivity contribution in [3.8, 4) is 17.1 Å². The Balaban J connectivity index is 2.02. The molecule has 2 aromatic carbocycles. The van der Waals surface area contributed by atoms with Crippen LogP contribution in [0.15, 0.2) is 59.8 Å². The molecule has 0 aliphatic carbocycles. The fourth-order valence-corrected chi connectivity index (χ4v) is 3.34. The molecule has 0 amide bonds. The van der Waals surface area contributed by atoms with Crippen molar-refractivity contribution in [2.45, 2.75) is 25.4 Å². The van der Waals surface area contributed by atoms with E-state index in [9.17, 15) is 4.79 Å². The highest BCUT2D eigenvalue weighted by molar-refractivity contribution is 7.99. The van der Waals surface area contributed by atoms with Crippen LogP contribution in [0, 0.1) is 6.92 Å². The monoisotopic (exact) mass is 337 g/mol. The lowest BCUT2D eigenvalue weighted by atomic mass is 10.2. The maximum atomic E-state index is 11.2. The van der Waals surface area contributed by atoms with Gasteiger partial charge in [0.05, 0.1) is 0 Å². The highest BCUT2D eigenvalue weighted by Crippen LogP contribution is 2.28. The summed E-state index contributed by atoms with van der Waals surface area (Å²) in [6.07, 6.45) is 0.534. The van der Waals surface area contributed by atoms with Crippen LogP contribution in [0.5, 0.6) is 0 Å². The van der Waals surface area contributed by atoms with E-state index in [-0.39, 0.29) is 5.78 Å². The van der Waals surface area contributed by atoms with E-state index in [4.69, 9.17) is 0 Å². The lowest BCUT2D eigenvalue weighted by Crippen LogP contribution is -2.01. The van der Waals surface area contributed by atoms with Crippen molar-refractivity contribution < 1.29 is 4.79 Å². The average Bonchev–Trinajstić information content (AvgIpc) is 3.00. The molecule has 1 heterocycles. The van der Waals surface area contributed by atoms with E-state index in [1.165, 1.54) is 5.56 Å². The molecule has 0 aliphatic heterocycles. The SMILES string of the molecule is CC(=O)CCSc1nnc(-c2ccccc2)n1-c1ccc(C)cc1. The van der Waals surface area contributed by atoms with E-state index >= 15 is 0 Å². The zero-order valence-corrected chi connectivity index (χ0v) is 14.6. The van der Waals surface area contributed by atoms with E-state index in [2.05, 4.69) is 46.0 Å². The number of nitrogens with zero attached hydrogens (tertiary/aromatic N) is 3. The Morgan fingerprint density at radius 1 is 1.04 bits per heavy atom. The largest absolute Gasteiger partial charge is 0.300 e. The molecule has 0 bridgehead atoms. The summed E-state index contributed by atoms with van der Waals surface area (Å²) in [4.78, 5) is 11.2. The van der Waals surface area contributed by atoms with Crippen LogP contribution in [0.25, 0.3) is 17.1 Å². The molecule has 0 radical (unpaired) electrons. The standard InChI is InChI=1S/C19H19N3OS/c1-14-8-10-17(11-9-14)22-18(16-6-4-3-5-7-16)20-21-19(22)24-13-12-15(2)23/h3-11H,12-13H2,1-2H3. The summed E-state index contributed by atoms with van der Waals surface area (Å²) in [6, 6.07) is 18.3. The number of benzene rings is 2. The quantitative estimate of drug-likeness (QED) is 0.629. The van der Waals surface area contributed by atoms with Crippen LogP contribution in [-0.2, 0) is 4.79 Å². The molecule has 0 fully saturated rings. The molecule has 3 rings (SSSR count). The van der Waals surface area contributed by atoms with Crippen LogP contribution in [-0.4, -0.2) is 26.3 Å². The lowest BCUT2D eigenvalue weighted by molar-refractivity contribution is -0.116. The normalized spacial score (nSPS) is 10.8. The molecule has 24 heavy (non-hydrogen) atoms. The number of hydrogen-bond acceptors (Lipinski definition) is 4. The molecule has 0 aliphatic rings. The third kappa shape index (κ3) is 3.74. The highest BCUT2D eigenvalue weighted by atomic mass is 32.2. The average molecular weight is 337 g/mol. The molecule has 0 atom stereocenters. The van der Waals surface area contributed by atoms with Crippen molar-refractivity contribution in [3.05, 3.63) is 60.2 Å². The lowest BCUT2D eigenvalue weighted by Gasteiger charge is -2.10. The third-order valence-electron chi connectivity index (χ3n) is 3.64. The zero-order chi connectivity index (χ0) is 16.9. The highest BCUT2D eigenvalue weighted by Gasteiger charge is 2.16. The summed E-state index contributed by atoms with van der Waals surface area (Å²) in [5.74, 6) is 1.70. The predicted octanol–water partition coefficient (Wildman–Crippen LogP) is 4.31. The Labute approximate surface area is 145 Å². The van der Waals surface area contributed by atoms with Crippen molar-refractivity contribution in [1.29, 1.82) is 0 Å². The molecule has 0 N–H and O–H groups in total. The minimum atomic E-state index is 0.187. The number of hydrogen-bond donors (Lipinski definition) is 0. The van der Waals surface area contributed by atoms with Gasteiger partial charge in [0.2, 0.25) is 0 Å². The minimum Gasteiger partial charge on any atom is -0.300 e. The number of aromatic nitrogens is 3. The molecule has 4 nitrogen and oxygen atoms in total. The van der Waals surface area contributed by atoms with Gasteiger partial charge in [-0.2, -0.15) is 0 Å². The zero-order valence-electron chi connectivity index (χ0n) is 13.8. The maximum Gasteiger partial charge on any atom is 0.196 e. The predicted molar refractivity (Wildman–Crippen MR) is 97.6 cm³/mol. The van der Waals surface area contributed by atoms with Crippen molar-refractivity contribution >= 4 is 17.5 Å². The second-order valence-corrected chi connectivity index (χ2v) is 6.71. The molecule has 0 saturated heterocycles. The van der Waals surface area contributed by atoms with E-state index in [0.29, 0.717) is 12.2 Å². The summed E-state index contributed by atoms with van der Waals surface area (Å²) < 4.78 is 2.06. The summed E-state index contributed by atoms with van der Waals surface area (Å²) in [5, 5.41) is 9.55. The summed E-state index contributed by atoms with van der Waals surface area (Å²) in [7, 11) is 0. The Kier molecular flexibility index (Phi) is 5.11. The van der Waals surface area contributed by atoms with Gasteiger partial charge in [0.1, 0.15) is 5.78 Å². The number of ketones is 1. The third-order valence-corrected chi connectivity index (χ3v) is 4.57. The first-order valence-electron chi connectivity index (χ1n) is 7.85. The number of thioether (sulfide) groups is 1. The molecule has 0 spiro atoms. The number of rotatable bonds is 6. The van der Waals surface area contributed by atoms with Gasteiger partial charge in [0, 0.05) is 23.4 Å². The van der Waals surface area contributed by atoms with Crippen LogP contribution in [0.3, 0.4) is 0 Å². The molecule has 1 aromatic heterocycles. The van der Waals surface area contributed by atoms with E-state index < -0.39 is 0 Å². The topological polar surface area (TPSA) is 47.8 Å². The Morgan fingerprint density at radius 2 is 1.75 bits per heavy atom. The Morgan fingerprint density at radius 3 is 2.42 bits per heavy atom. The van der Waals surface area contributed by atoms with Crippen LogP contribution in [0.4, 0.5) is 0 Å². The van der Waals surface area contributed by atoms with Gasteiger partial charge < -0.3 is 0 Å². The first-order chi connectivity index (χ1) is 11.6. The first-order valence-corrected chi connectivity index (χ1v) is 8.84. The number of carbonyl (C=O) groups excluding carboxylic acids is 1. The molecular formula is C19H19N3OS. The summed E-state index contributed by atoms with van der Waals surface area (Å²) in [6.45, 7) is 3.68. The van der Waals surface area contributed by atoms with Gasteiger partial charge in [0.25, 0.3) is 0 Å². The summed E-state index contributed by atoms with van der Waals surface area (Å²) >= 11 is 1.56. The van der Waals surface area contributed by atoms with E-state index in [1.807, 2.05) is 30.3 Å². The number of Topliss-reactive ketones (excluding diaryl/α,β-unsaturated/α-hetero) is 1. The van der Waals surface area contributed by atoms with Gasteiger partial charge in [-0.05, 0) is 26.0 Å². The molecule has 5 heteroatoms. The second-order valence-electron chi connectivity index (χ2n) is 5.64. The van der Waals surface area contributed by atoms with E-state index in [1.54, 1.807) is 18.7 Å². The van der Waals surface area contributed by atoms with Crippen molar-refractivity contribution in [2.24, 2.45) is 0 Å². The number of carbonyl (C=O) groups is 1. The minimum absolute atomic E-state index is 0.187. The van der Waals surface area contributed by atoms with Gasteiger partial charge in [0.15, 0.2) is 11.0 Å². The molecule has 0 unspecified atom stereocenters. The van der Waals surface area contributed by atoms with Gasteiger partial charge >= 0.3 is 0 Å². The smallest absolute Gasteiger partial charge is 0.196 e. The van der Waals surface area contributed by atoms with Crippen LogP contribution < -0.4 is 0 Å².